The summed E-state index contributed by atoms with van der Waals surface area (Å²) in [7, 11) is 0. The second-order valence-corrected chi connectivity index (χ2v) is 8.01. The molecular weight excluding hydrogens is 383 g/mol. The Labute approximate surface area is 176 Å². The first-order valence-electron chi connectivity index (χ1n) is 10.7. The summed E-state index contributed by atoms with van der Waals surface area (Å²) in [6, 6.07) is 9.26. The van der Waals surface area contributed by atoms with Crippen molar-refractivity contribution in [3.63, 3.8) is 0 Å². The molecule has 1 atom stereocenters. The zero-order chi connectivity index (χ0) is 20.9. The van der Waals surface area contributed by atoms with Gasteiger partial charge in [0.2, 0.25) is 5.91 Å². The predicted octanol–water partition coefficient (Wildman–Crippen LogP) is 3.70. The molecule has 7 heteroatoms. The van der Waals surface area contributed by atoms with E-state index < -0.39 is 0 Å². The lowest BCUT2D eigenvalue weighted by molar-refractivity contribution is -0.121. The summed E-state index contributed by atoms with van der Waals surface area (Å²) in [6.45, 7) is 2.86. The van der Waals surface area contributed by atoms with Crippen LogP contribution in [0.2, 0.25) is 0 Å². The molecule has 2 aromatic rings. The number of nitrogens with zero attached hydrogens (tertiary/aromatic N) is 3. The van der Waals surface area contributed by atoms with E-state index in [4.69, 9.17) is 0 Å². The lowest BCUT2D eigenvalue weighted by Crippen LogP contribution is -2.44. The van der Waals surface area contributed by atoms with Gasteiger partial charge in [-0.1, -0.05) is 0 Å². The van der Waals surface area contributed by atoms with E-state index in [1.807, 2.05) is 12.1 Å². The highest BCUT2D eigenvalue weighted by Gasteiger charge is 2.29. The van der Waals surface area contributed by atoms with Gasteiger partial charge in [-0.3, -0.25) is 9.59 Å². The Kier molecular flexibility index (Phi) is 6.26. The summed E-state index contributed by atoms with van der Waals surface area (Å²) < 4.78 is 13.1. The maximum atomic E-state index is 13.1. The van der Waals surface area contributed by atoms with Crippen LogP contribution in [0, 0.1) is 11.7 Å². The van der Waals surface area contributed by atoms with E-state index in [1.54, 1.807) is 11.1 Å². The lowest BCUT2D eigenvalue weighted by Gasteiger charge is -2.33. The maximum Gasteiger partial charge on any atom is 0.253 e. The van der Waals surface area contributed by atoms with Crippen LogP contribution in [0.25, 0.3) is 0 Å². The third-order valence-corrected chi connectivity index (χ3v) is 5.87. The van der Waals surface area contributed by atoms with Crippen LogP contribution < -0.4 is 10.2 Å². The normalized spacial score (nSPS) is 19.4. The Hall–Kier alpha value is -2.96. The van der Waals surface area contributed by atoms with E-state index in [1.165, 1.54) is 30.7 Å². The number of benzene rings is 1. The van der Waals surface area contributed by atoms with E-state index in [2.05, 4.69) is 15.2 Å². The number of hydrogen-bond donors (Lipinski definition) is 1. The molecule has 2 fully saturated rings. The number of anilines is 2. The zero-order valence-corrected chi connectivity index (χ0v) is 17.0. The number of halogens is 1. The maximum absolute atomic E-state index is 13.1. The Morgan fingerprint density at radius 3 is 2.53 bits per heavy atom. The predicted molar refractivity (Wildman–Crippen MR) is 114 cm³/mol. The second kappa shape index (κ2) is 9.24. The van der Waals surface area contributed by atoms with Crippen molar-refractivity contribution >= 4 is 23.3 Å². The number of nitrogens with one attached hydrogen (secondary N) is 1. The smallest absolute Gasteiger partial charge is 0.253 e. The van der Waals surface area contributed by atoms with Gasteiger partial charge in [0.05, 0.1) is 11.6 Å². The Balaban J connectivity index is 1.43. The number of carbonyl (C=O) groups excluding carboxylic acids is 2. The molecule has 0 saturated carbocycles. The molecule has 0 bridgehead atoms. The number of aromatic nitrogens is 1. The molecule has 158 valence electrons. The van der Waals surface area contributed by atoms with Gasteiger partial charge in [-0.2, -0.15) is 0 Å². The largest absolute Gasteiger partial charge is 0.355 e. The first-order chi connectivity index (χ1) is 14.6. The van der Waals surface area contributed by atoms with E-state index in [0.29, 0.717) is 18.7 Å². The minimum Gasteiger partial charge on any atom is -0.355 e. The molecule has 30 heavy (non-hydrogen) atoms. The van der Waals surface area contributed by atoms with Crippen molar-refractivity contribution in [3.05, 3.63) is 54.0 Å². The van der Waals surface area contributed by atoms with Crippen LogP contribution in [0.1, 0.15) is 42.5 Å². The summed E-state index contributed by atoms with van der Waals surface area (Å²) in [5.74, 6) is -0.0812. The summed E-state index contributed by atoms with van der Waals surface area (Å²) in [6.07, 6.45) is 6.74. The average molecular weight is 410 g/mol. The van der Waals surface area contributed by atoms with Crippen molar-refractivity contribution in [1.82, 2.24) is 9.88 Å². The number of likely N-dealkylation sites (tertiary alicyclic amines) is 1. The minimum absolute atomic E-state index is 0.0853. The molecule has 1 N–H and O–H groups in total. The monoisotopic (exact) mass is 410 g/mol. The zero-order valence-electron chi connectivity index (χ0n) is 17.0. The molecule has 3 heterocycles. The SMILES string of the molecule is O=C(Nc1cccnc1N1CCCCC1)C1CCCN(C(=O)c2ccc(F)cc2)C1. The minimum atomic E-state index is -0.372. The Morgan fingerprint density at radius 1 is 1.00 bits per heavy atom. The van der Waals surface area contributed by atoms with E-state index in [-0.39, 0.29) is 23.5 Å². The fourth-order valence-corrected chi connectivity index (χ4v) is 4.24. The number of hydrogen-bond acceptors (Lipinski definition) is 4. The van der Waals surface area contributed by atoms with Gasteiger partial charge >= 0.3 is 0 Å². The molecule has 0 spiro atoms. The number of carbonyl (C=O) groups is 2. The van der Waals surface area contributed by atoms with Crippen molar-refractivity contribution in [1.29, 1.82) is 0 Å². The Bertz CT molecular complexity index is 896. The van der Waals surface area contributed by atoms with Crippen LogP contribution in [-0.2, 0) is 4.79 Å². The summed E-state index contributed by atoms with van der Waals surface area (Å²) in [4.78, 5) is 34.2. The summed E-state index contributed by atoms with van der Waals surface area (Å²) in [5, 5.41) is 3.05. The molecule has 1 aromatic carbocycles. The van der Waals surface area contributed by atoms with Gasteiger partial charge in [0.25, 0.3) is 5.91 Å². The highest BCUT2D eigenvalue weighted by Crippen LogP contribution is 2.27. The standard InChI is InChI=1S/C23H27FN4O2/c24-19-10-8-17(9-11-19)23(30)28-15-5-6-18(16-28)22(29)26-20-7-4-12-25-21(20)27-13-2-1-3-14-27/h4,7-12,18H,1-3,5-6,13-16H2,(H,26,29). The van der Waals surface area contributed by atoms with E-state index in [0.717, 1.165) is 50.3 Å². The summed E-state index contributed by atoms with van der Waals surface area (Å²) in [5.41, 5.74) is 1.17. The van der Waals surface area contributed by atoms with Gasteiger partial charge in [0.15, 0.2) is 5.82 Å². The number of piperidine rings is 2. The molecule has 0 aliphatic carbocycles. The molecule has 2 saturated heterocycles. The topological polar surface area (TPSA) is 65.5 Å². The number of pyridine rings is 1. The highest BCUT2D eigenvalue weighted by molar-refractivity contribution is 5.97. The first-order valence-corrected chi connectivity index (χ1v) is 10.7. The van der Waals surface area contributed by atoms with E-state index >= 15 is 0 Å². The fourth-order valence-electron chi connectivity index (χ4n) is 4.24. The molecule has 6 nitrogen and oxygen atoms in total. The summed E-state index contributed by atoms with van der Waals surface area (Å²) >= 11 is 0. The second-order valence-electron chi connectivity index (χ2n) is 8.01. The van der Waals surface area contributed by atoms with Crippen LogP contribution in [0.15, 0.2) is 42.6 Å². The van der Waals surface area contributed by atoms with Gasteiger partial charge in [-0.15, -0.1) is 0 Å². The average Bonchev–Trinajstić information content (AvgIpc) is 2.80. The molecule has 2 aliphatic heterocycles. The Morgan fingerprint density at radius 2 is 1.77 bits per heavy atom. The third-order valence-electron chi connectivity index (χ3n) is 5.87. The van der Waals surface area contributed by atoms with Crippen LogP contribution in [0.3, 0.4) is 0 Å². The fraction of sp³-hybridized carbons (Fsp3) is 0.435. The lowest BCUT2D eigenvalue weighted by atomic mass is 9.96. The van der Waals surface area contributed by atoms with Crippen LogP contribution in [-0.4, -0.2) is 47.9 Å². The quantitative estimate of drug-likeness (QED) is 0.835. The van der Waals surface area contributed by atoms with Crippen molar-refractivity contribution < 1.29 is 14.0 Å². The van der Waals surface area contributed by atoms with Crippen molar-refractivity contribution in [3.8, 4) is 0 Å². The van der Waals surface area contributed by atoms with Crippen molar-refractivity contribution in [2.45, 2.75) is 32.1 Å². The van der Waals surface area contributed by atoms with Gasteiger partial charge in [0.1, 0.15) is 5.82 Å². The van der Waals surface area contributed by atoms with Gasteiger partial charge in [0, 0.05) is 37.9 Å². The molecule has 1 unspecified atom stereocenters. The highest BCUT2D eigenvalue weighted by atomic mass is 19.1. The van der Waals surface area contributed by atoms with Crippen LogP contribution in [0.4, 0.5) is 15.9 Å². The van der Waals surface area contributed by atoms with Crippen molar-refractivity contribution in [2.24, 2.45) is 5.92 Å². The van der Waals surface area contributed by atoms with Gasteiger partial charge in [-0.05, 0) is 68.5 Å². The van der Waals surface area contributed by atoms with E-state index in [9.17, 15) is 14.0 Å². The van der Waals surface area contributed by atoms with Crippen molar-refractivity contribution in [2.75, 3.05) is 36.4 Å². The molecule has 1 aromatic heterocycles. The molecule has 2 aliphatic rings. The molecule has 0 radical (unpaired) electrons. The number of rotatable bonds is 4. The molecule has 4 rings (SSSR count). The van der Waals surface area contributed by atoms with Gasteiger partial charge in [-0.25, -0.2) is 9.37 Å². The van der Waals surface area contributed by atoms with Crippen LogP contribution in [0.5, 0.6) is 0 Å². The number of amides is 2. The first kappa shape index (κ1) is 20.3. The third kappa shape index (κ3) is 4.61. The molecular formula is C23H27FN4O2. The van der Waals surface area contributed by atoms with Crippen LogP contribution >= 0.6 is 0 Å². The van der Waals surface area contributed by atoms with Gasteiger partial charge < -0.3 is 15.1 Å². The molecule has 2 amide bonds.